The van der Waals surface area contributed by atoms with Gasteiger partial charge in [-0.25, -0.2) is 12.7 Å². The van der Waals surface area contributed by atoms with Crippen LogP contribution in [0.3, 0.4) is 0 Å². The van der Waals surface area contributed by atoms with Crippen molar-refractivity contribution in [1.29, 1.82) is 0 Å². The van der Waals surface area contributed by atoms with Gasteiger partial charge in [-0.3, -0.25) is 4.79 Å². The Morgan fingerprint density at radius 2 is 1.70 bits per heavy atom. The number of benzene rings is 2. The number of rotatable bonds is 8. The molecule has 1 amide bonds. The van der Waals surface area contributed by atoms with Crippen molar-refractivity contribution in [2.75, 3.05) is 18.8 Å². The van der Waals surface area contributed by atoms with E-state index >= 15 is 0 Å². The molecule has 30 heavy (non-hydrogen) atoms. The molecule has 1 saturated heterocycles. The predicted molar refractivity (Wildman–Crippen MR) is 121 cm³/mol. The second-order valence-corrected chi connectivity index (χ2v) is 10.3. The fourth-order valence-electron chi connectivity index (χ4n) is 3.90. The van der Waals surface area contributed by atoms with Gasteiger partial charge in [-0.2, -0.15) is 0 Å². The van der Waals surface area contributed by atoms with Gasteiger partial charge in [-0.1, -0.05) is 60.2 Å². The summed E-state index contributed by atoms with van der Waals surface area (Å²) in [5.41, 5.74) is 3.42. The van der Waals surface area contributed by atoms with Crippen LogP contribution < -0.4 is 5.32 Å². The third-order valence-corrected chi connectivity index (χ3v) is 7.82. The van der Waals surface area contributed by atoms with E-state index < -0.39 is 10.0 Å². The zero-order chi connectivity index (χ0) is 21.6. The molecule has 1 aliphatic rings. The van der Waals surface area contributed by atoms with E-state index in [1.807, 2.05) is 68.4 Å². The Morgan fingerprint density at radius 3 is 2.33 bits per heavy atom. The Kier molecular flexibility index (Phi) is 7.67. The summed E-state index contributed by atoms with van der Waals surface area (Å²) in [6.07, 6.45) is 2.52. The summed E-state index contributed by atoms with van der Waals surface area (Å²) in [7, 11) is -3.27. The van der Waals surface area contributed by atoms with Crippen molar-refractivity contribution < 1.29 is 13.2 Å². The summed E-state index contributed by atoms with van der Waals surface area (Å²) >= 11 is 0. The molecule has 1 atom stereocenters. The van der Waals surface area contributed by atoms with E-state index in [9.17, 15) is 13.2 Å². The lowest BCUT2D eigenvalue weighted by Gasteiger charge is -2.31. The summed E-state index contributed by atoms with van der Waals surface area (Å²) in [5.74, 6) is 0.0429. The van der Waals surface area contributed by atoms with Gasteiger partial charge in [0.15, 0.2) is 0 Å². The van der Waals surface area contributed by atoms with Crippen LogP contribution in [-0.4, -0.2) is 37.5 Å². The first kappa shape index (κ1) is 22.5. The Labute approximate surface area is 180 Å². The molecule has 6 heteroatoms. The normalized spacial score (nSPS) is 16.9. The average Bonchev–Trinajstić information content (AvgIpc) is 2.75. The minimum absolute atomic E-state index is 0.0178. The average molecular weight is 429 g/mol. The third-order valence-electron chi connectivity index (χ3n) is 5.86. The molecular formula is C24H32N2O3S. The zero-order valence-electron chi connectivity index (χ0n) is 17.9. The minimum Gasteiger partial charge on any atom is -0.349 e. The molecule has 2 aromatic rings. The maximum Gasteiger partial charge on any atom is 0.223 e. The standard InChI is InChI=1S/C24H32N2O3S/c1-19-10-12-22(13-11-19)20(2)25-24(27)23-14-16-26(17-15-23)30(28,29)18-6-9-21-7-4-3-5-8-21/h3-5,7-8,10-13,20,23H,6,9,14-18H2,1-2H3,(H,25,27)/t20-/m1/s1. The number of hydrogen-bond donors (Lipinski definition) is 1. The first-order valence-corrected chi connectivity index (χ1v) is 12.3. The van der Waals surface area contributed by atoms with Gasteiger partial charge in [0.05, 0.1) is 11.8 Å². The fourth-order valence-corrected chi connectivity index (χ4v) is 5.43. The molecule has 1 aliphatic heterocycles. The molecule has 162 valence electrons. The SMILES string of the molecule is Cc1ccc([C@@H](C)NC(=O)C2CCN(S(=O)(=O)CCCc3ccccc3)CC2)cc1. The van der Waals surface area contributed by atoms with E-state index in [4.69, 9.17) is 0 Å². The number of nitrogens with one attached hydrogen (secondary N) is 1. The highest BCUT2D eigenvalue weighted by Crippen LogP contribution is 2.22. The number of hydrogen-bond acceptors (Lipinski definition) is 3. The monoisotopic (exact) mass is 428 g/mol. The van der Waals surface area contributed by atoms with Gasteiger partial charge >= 0.3 is 0 Å². The third kappa shape index (κ3) is 6.16. The first-order chi connectivity index (χ1) is 14.3. The van der Waals surface area contributed by atoms with E-state index in [2.05, 4.69) is 5.32 Å². The molecule has 0 radical (unpaired) electrons. The molecule has 5 nitrogen and oxygen atoms in total. The molecule has 2 aromatic carbocycles. The van der Waals surface area contributed by atoms with Gasteiger partial charge in [0.25, 0.3) is 0 Å². The van der Waals surface area contributed by atoms with E-state index in [0.717, 1.165) is 17.5 Å². The van der Waals surface area contributed by atoms with Crippen molar-refractivity contribution in [3.8, 4) is 0 Å². The molecule has 0 unspecified atom stereocenters. The number of amides is 1. The van der Waals surface area contributed by atoms with E-state index in [0.29, 0.717) is 32.4 Å². The molecule has 1 fully saturated rings. The zero-order valence-corrected chi connectivity index (χ0v) is 18.7. The fraction of sp³-hybridized carbons (Fsp3) is 0.458. The van der Waals surface area contributed by atoms with Crippen LogP contribution in [0.5, 0.6) is 0 Å². The molecular weight excluding hydrogens is 396 g/mol. The Balaban J connectivity index is 1.45. The van der Waals surface area contributed by atoms with E-state index in [-0.39, 0.29) is 23.6 Å². The number of aryl methyl sites for hydroxylation is 2. The van der Waals surface area contributed by atoms with Crippen LogP contribution in [0.4, 0.5) is 0 Å². The highest BCUT2D eigenvalue weighted by atomic mass is 32.2. The number of carbonyl (C=O) groups excluding carboxylic acids is 1. The summed E-state index contributed by atoms with van der Waals surface area (Å²) in [6.45, 7) is 4.86. The van der Waals surface area contributed by atoms with Crippen LogP contribution >= 0.6 is 0 Å². The number of sulfonamides is 1. The first-order valence-electron chi connectivity index (χ1n) is 10.7. The Morgan fingerprint density at radius 1 is 1.07 bits per heavy atom. The van der Waals surface area contributed by atoms with Crippen molar-refractivity contribution in [3.63, 3.8) is 0 Å². The Bertz CT molecular complexity index is 919. The molecule has 0 spiro atoms. The Hall–Kier alpha value is -2.18. The van der Waals surface area contributed by atoms with E-state index in [1.54, 1.807) is 4.31 Å². The van der Waals surface area contributed by atoms with Crippen LogP contribution in [0.15, 0.2) is 54.6 Å². The van der Waals surface area contributed by atoms with Gasteiger partial charge in [0.1, 0.15) is 0 Å². The van der Waals surface area contributed by atoms with Crippen LogP contribution in [-0.2, 0) is 21.2 Å². The molecule has 0 aliphatic carbocycles. The predicted octanol–water partition coefficient (Wildman–Crippen LogP) is 3.85. The highest BCUT2D eigenvalue weighted by Gasteiger charge is 2.31. The second-order valence-electron chi connectivity index (χ2n) is 8.22. The number of nitrogens with zero attached hydrogens (tertiary/aromatic N) is 1. The van der Waals surface area contributed by atoms with Crippen molar-refractivity contribution in [2.45, 2.75) is 45.6 Å². The highest BCUT2D eigenvalue weighted by molar-refractivity contribution is 7.89. The van der Waals surface area contributed by atoms with Gasteiger partial charge < -0.3 is 5.32 Å². The maximum absolute atomic E-state index is 12.7. The summed E-state index contributed by atoms with van der Waals surface area (Å²) in [5, 5.41) is 3.08. The van der Waals surface area contributed by atoms with Crippen LogP contribution in [0.2, 0.25) is 0 Å². The van der Waals surface area contributed by atoms with Crippen molar-refractivity contribution in [3.05, 3.63) is 71.3 Å². The second kappa shape index (κ2) is 10.2. The minimum atomic E-state index is -3.27. The molecule has 0 bridgehead atoms. The van der Waals surface area contributed by atoms with Gasteiger partial charge in [-0.05, 0) is 50.7 Å². The smallest absolute Gasteiger partial charge is 0.223 e. The van der Waals surface area contributed by atoms with Gasteiger partial charge in [0, 0.05) is 19.0 Å². The van der Waals surface area contributed by atoms with Crippen LogP contribution in [0, 0.1) is 12.8 Å². The van der Waals surface area contributed by atoms with Gasteiger partial charge in [-0.15, -0.1) is 0 Å². The molecule has 0 saturated carbocycles. The number of carbonyl (C=O) groups is 1. The molecule has 1 heterocycles. The summed E-state index contributed by atoms with van der Waals surface area (Å²) in [6, 6.07) is 18.0. The summed E-state index contributed by atoms with van der Waals surface area (Å²) < 4.78 is 26.9. The van der Waals surface area contributed by atoms with Crippen LogP contribution in [0.25, 0.3) is 0 Å². The lowest BCUT2D eigenvalue weighted by atomic mass is 9.96. The van der Waals surface area contributed by atoms with Gasteiger partial charge in [0.2, 0.25) is 15.9 Å². The van der Waals surface area contributed by atoms with Crippen molar-refractivity contribution in [1.82, 2.24) is 9.62 Å². The largest absolute Gasteiger partial charge is 0.349 e. The molecule has 1 N–H and O–H groups in total. The molecule has 3 rings (SSSR count). The van der Waals surface area contributed by atoms with Crippen LogP contribution in [0.1, 0.15) is 48.9 Å². The van der Waals surface area contributed by atoms with Crippen molar-refractivity contribution >= 4 is 15.9 Å². The van der Waals surface area contributed by atoms with E-state index in [1.165, 1.54) is 5.56 Å². The molecule has 0 aromatic heterocycles. The quantitative estimate of drug-likeness (QED) is 0.695. The topological polar surface area (TPSA) is 66.5 Å². The lowest BCUT2D eigenvalue weighted by Crippen LogP contribution is -2.44. The lowest BCUT2D eigenvalue weighted by molar-refractivity contribution is -0.126. The maximum atomic E-state index is 12.7. The van der Waals surface area contributed by atoms with Crippen molar-refractivity contribution in [2.24, 2.45) is 5.92 Å². The number of piperidine rings is 1. The summed E-state index contributed by atoms with van der Waals surface area (Å²) in [4.78, 5) is 12.7.